The number of hydrogen-bond acceptors (Lipinski definition) is 6. The average Bonchev–Trinajstić information content (AvgIpc) is 3.00. The molecule has 130 valence electrons. The van der Waals surface area contributed by atoms with Gasteiger partial charge in [0, 0.05) is 18.6 Å². The first-order valence-corrected chi connectivity index (χ1v) is 7.96. The van der Waals surface area contributed by atoms with Gasteiger partial charge >= 0.3 is 5.97 Å². The number of aryl methyl sites for hydroxylation is 1. The highest BCUT2D eigenvalue weighted by Crippen LogP contribution is 2.18. The van der Waals surface area contributed by atoms with Crippen LogP contribution in [0.1, 0.15) is 21.7 Å². The van der Waals surface area contributed by atoms with Crippen molar-refractivity contribution in [3.8, 4) is 0 Å². The zero-order valence-electron chi connectivity index (χ0n) is 14.2. The third-order valence-corrected chi connectivity index (χ3v) is 4.21. The maximum atomic E-state index is 12.8. The maximum Gasteiger partial charge on any atom is 0.343 e. The molecular weight excluding hydrogens is 334 g/mol. The molecular formula is C18H15N5O3. The molecule has 0 unspecified atom stereocenters. The second-order valence-corrected chi connectivity index (χ2v) is 5.81. The second-order valence-electron chi connectivity index (χ2n) is 5.81. The molecule has 0 N–H and O–H groups in total. The molecule has 0 aromatic carbocycles. The molecule has 4 aromatic heterocycles. The van der Waals surface area contributed by atoms with Crippen LogP contribution in [0.5, 0.6) is 0 Å². The Bertz CT molecular complexity index is 1190. The van der Waals surface area contributed by atoms with Crippen LogP contribution < -0.4 is 5.56 Å². The summed E-state index contributed by atoms with van der Waals surface area (Å²) in [6, 6.07) is 7.34. The van der Waals surface area contributed by atoms with Crippen molar-refractivity contribution in [3.63, 3.8) is 0 Å². The lowest BCUT2D eigenvalue weighted by molar-refractivity contribution is 0.0602. The normalized spacial score (nSPS) is 11.2. The Morgan fingerprint density at radius 2 is 2.08 bits per heavy atom. The van der Waals surface area contributed by atoms with Crippen LogP contribution in [0.4, 0.5) is 0 Å². The Morgan fingerprint density at radius 3 is 2.81 bits per heavy atom. The summed E-state index contributed by atoms with van der Waals surface area (Å²) in [5.41, 5.74) is 2.32. The van der Waals surface area contributed by atoms with Crippen molar-refractivity contribution in [2.75, 3.05) is 7.11 Å². The summed E-state index contributed by atoms with van der Waals surface area (Å²) in [6.07, 6.45) is 4.84. The van der Waals surface area contributed by atoms with E-state index >= 15 is 0 Å². The standard InChI is InChI=1S/C18H15N5O3/c1-11-15(18(25)26-2)16-20-9-13-14(23(16)21-11)6-8-22(17(13)24)10-12-5-3-4-7-19-12/h3-9H,10H2,1-2H3. The first-order chi connectivity index (χ1) is 12.6. The number of carbonyl (C=O) groups is 1. The van der Waals surface area contributed by atoms with Gasteiger partial charge in [0.25, 0.3) is 5.56 Å². The largest absolute Gasteiger partial charge is 0.465 e. The SMILES string of the molecule is COC(=O)c1c(C)nn2c1ncc1c(=O)n(Cc3ccccn3)ccc12. The van der Waals surface area contributed by atoms with E-state index in [1.54, 1.807) is 30.0 Å². The van der Waals surface area contributed by atoms with Crippen LogP contribution in [0, 0.1) is 6.92 Å². The predicted octanol–water partition coefficient (Wildman–Crippen LogP) is 1.58. The van der Waals surface area contributed by atoms with Crippen LogP contribution in [-0.2, 0) is 11.3 Å². The van der Waals surface area contributed by atoms with Crippen LogP contribution in [0.3, 0.4) is 0 Å². The van der Waals surface area contributed by atoms with Crippen LogP contribution in [0.15, 0.2) is 47.7 Å². The average molecular weight is 349 g/mol. The zero-order chi connectivity index (χ0) is 18.3. The lowest BCUT2D eigenvalue weighted by Crippen LogP contribution is -2.21. The van der Waals surface area contributed by atoms with Crippen molar-refractivity contribution in [1.29, 1.82) is 0 Å². The zero-order valence-corrected chi connectivity index (χ0v) is 14.2. The molecule has 0 atom stereocenters. The van der Waals surface area contributed by atoms with E-state index in [0.29, 0.717) is 34.4 Å². The number of rotatable bonds is 3. The highest BCUT2D eigenvalue weighted by Gasteiger charge is 2.20. The van der Waals surface area contributed by atoms with E-state index in [-0.39, 0.29) is 5.56 Å². The Labute approximate surface area is 147 Å². The van der Waals surface area contributed by atoms with Crippen LogP contribution in [0.2, 0.25) is 0 Å². The van der Waals surface area contributed by atoms with Gasteiger partial charge in [0.2, 0.25) is 0 Å². The van der Waals surface area contributed by atoms with Gasteiger partial charge in [0.15, 0.2) is 5.65 Å². The topological polar surface area (TPSA) is 91.4 Å². The van der Waals surface area contributed by atoms with Gasteiger partial charge in [-0.05, 0) is 25.1 Å². The van der Waals surface area contributed by atoms with E-state index < -0.39 is 5.97 Å². The number of fused-ring (bicyclic) bond motifs is 3. The fourth-order valence-electron chi connectivity index (χ4n) is 2.95. The summed E-state index contributed by atoms with van der Waals surface area (Å²) in [7, 11) is 1.31. The highest BCUT2D eigenvalue weighted by atomic mass is 16.5. The summed E-state index contributed by atoms with van der Waals surface area (Å²) in [5, 5.41) is 4.77. The number of pyridine rings is 2. The Hall–Kier alpha value is -3.55. The van der Waals surface area contributed by atoms with Gasteiger partial charge in [-0.25, -0.2) is 14.3 Å². The highest BCUT2D eigenvalue weighted by molar-refractivity contribution is 5.98. The first kappa shape index (κ1) is 15.9. The van der Waals surface area contributed by atoms with E-state index in [1.165, 1.54) is 17.8 Å². The third kappa shape index (κ3) is 2.43. The molecule has 26 heavy (non-hydrogen) atoms. The third-order valence-electron chi connectivity index (χ3n) is 4.21. The van der Waals surface area contributed by atoms with Crippen molar-refractivity contribution < 1.29 is 9.53 Å². The molecule has 0 amide bonds. The second kappa shape index (κ2) is 6.07. The molecule has 0 fully saturated rings. The van der Waals surface area contributed by atoms with Crippen molar-refractivity contribution in [2.45, 2.75) is 13.5 Å². The smallest absolute Gasteiger partial charge is 0.343 e. The Kier molecular flexibility index (Phi) is 3.72. The molecule has 0 aliphatic rings. The Morgan fingerprint density at radius 1 is 1.23 bits per heavy atom. The number of aromatic nitrogens is 5. The summed E-state index contributed by atoms with van der Waals surface area (Å²) in [6.45, 7) is 2.06. The molecule has 4 rings (SSSR count). The molecule has 8 heteroatoms. The summed E-state index contributed by atoms with van der Waals surface area (Å²) < 4.78 is 7.87. The lowest BCUT2D eigenvalue weighted by Gasteiger charge is -2.07. The number of esters is 1. The Balaban J connectivity index is 1.90. The van der Waals surface area contributed by atoms with E-state index in [1.807, 2.05) is 18.2 Å². The van der Waals surface area contributed by atoms with Crippen LogP contribution in [0.25, 0.3) is 16.6 Å². The van der Waals surface area contributed by atoms with Crippen molar-refractivity contribution >= 4 is 22.5 Å². The molecule has 8 nitrogen and oxygen atoms in total. The molecule has 0 saturated heterocycles. The van der Waals surface area contributed by atoms with Gasteiger partial charge in [-0.15, -0.1) is 0 Å². The predicted molar refractivity (Wildman–Crippen MR) is 94.2 cm³/mol. The fraction of sp³-hybridized carbons (Fsp3) is 0.167. The van der Waals surface area contributed by atoms with Gasteiger partial charge in [0.05, 0.1) is 35.9 Å². The number of carbonyl (C=O) groups excluding carboxylic acids is 1. The van der Waals surface area contributed by atoms with E-state index in [2.05, 4.69) is 15.1 Å². The summed E-state index contributed by atoms with van der Waals surface area (Å²) in [4.78, 5) is 33.3. The molecule has 0 aliphatic heterocycles. The molecule has 0 bridgehead atoms. The molecule has 0 aliphatic carbocycles. The van der Waals surface area contributed by atoms with Crippen molar-refractivity contribution in [3.05, 3.63) is 70.2 Å². The van der Waals surface area contributed by atoms with Crippen LogP contribution >= 0.6 is 0 Å². The van der Waals surface area contributed by atoms with E-state index in [9.17, 15) is 9.59 Å². The van der Waals surface area contributed by atoms with E-state index in [4.69, 9.17) is 4.74 Å². The number of methoxy groups -OCH3 is 1. The van der Waals surface area contributed by atoms with E-state index in [0.717, 1.165) is 5.69 Å². The minimum Gasteiger partial charge on any atom is -0.465 e. The van der Waals surface area contributed by atoms with Gasteiger partial charge in [0.1, 0.15) is 5.56 Å². The first-order valence-electron chi connectivity index (χ1n) is 7.96. The monoisotopic (exact) mass is 349 g/mol. The van der Waals surface area contributed by atoms with Crippen LogP contribution in [-0.4, -0.2) is 37.2 Å². The molecule has 0 saturated carbocycles. The minimum atomic E-state index is -0.507. The molecule has 0 radical (unpaired) electrons. The summed E-state index contributed by atoms with van der Waals surface area (Å²) in [5.74, 6) is -0.507. The minimum absolute atomic E-state index is 0.199. The number of ether oxygens (including phenoxy) is 1. The summed E-state index contributed by atoms with van der Waals surface area (Å²) >= 11 is 0. The molecule has 0 spiro atoms. The maximum absolute atomic E-state index is 12.8. The molecule has 4 aromatic rings. The number of nitrogens with zero attached hydrogens (tertiary/aromatic N) is 5. The van der Waals surface area contributed by atoms with Crippen molar-refractivity contribution in [2.24, 2.45) is 0 Å². The number of hydrogen-bond donors (Lipinski definition) is 0. The van der Waals surface area contributed by atoms with Gasteiger partial charge in [-0.3, -0.25) is 9.78 Å². The lowest BCUT2D eigenvalue weighted by atomic mass is 10.2. The van der Waals surface area contributed by atoms with Gasteiger partial charge in [-0.2, -0.15) is 5.10 Å². The quantitative estimate of drug-likeness (QED) is 0.522. The van der Waals surface area contributed by atoms with Gasteiger partial charge < -0.3 is 9.30 Å². The van der Waals surface area contributed by atoms with Gasteiger partial charge in [-0.1, -0.05) is 6.07 Å². The fourth-order valence-corrected chi connectivity index (χ4v) is 2.95. The van der Waals surface area contributed by atoms with Crippen molar-refractivity contribution in [1.82, 2.24) is 24.1 Å². The molecule has 4 heterocycles.